The maximum atomic E-state index is 12.8. The predicted molar refractivity (Wildman–Crippen MR) is 92.4 cm³/mol. The Kier molecular flexibility index (Phi) is 5.80. The van der Waals surface area contributed by atoms with Gasteiger partial charge in [-0.1, -0.05) is 31.5 Å². The number of rotatable bonds is 4. The Labute approximate surface area is 139 Å². The molecule has 1 atom stereocenters. The average Bonchev–Trinajstić information content (AvgIpc) is 2.52. The van der Waals surface area contributed by atoms with Gasteiger partial charge in [-0.25, -0.2) is 0 Å². The second-order valence-electron chi connectivity index (χ2n) is 6.98. The molecule has 1 saturated heterocycles. The molecular formula is C19H28N2O2. The van der Waals surface area contributed by atoms with E-state index in [1.54, 1.807) is 0 Å². The van der Waals surface area contributed by atoms with Crippen LogP contribution in [0.5, 0.6) is 0 Å². The van der Waals surface area contributed by atoms with Crippen molar-refractivity contribution in [3.8, 4) is 0 Å². The Morgan fingerprint density at radius 2 is 2.04 bits per heavy atom. The Hall–Kier alpha value is -1.84. The molecule has 0 aromatic heterocycles. The van der Waals surface area contributed by atoms with Crippen molar-refractivity contribution in [2.24, 2.45) is 11.8 Å². The van der Waals surface area contributed by atoms with Gasteiger partial charge in [0, 0.05) is 31.1 Å². The van der Waals surface area contributed by atoms with Gasteiger partial charge in [-0.2, -0.15) is 0 Å². The molecule has 2 rings (SSSR count). The van der Waals surface area contributed by atoms with Crippen LogP contribution in [0, 0.1) is 25.7 Å². The first kappa shape index (κ1) is 17.5. The van der Waals surface area contributed by atoms with E-state index in [9.17, 15) is 9.59 Å². The molecule has 0 aliphatic carbocycles. The van der Waals surface area contributed by atoms with Crippen molar-refractivity contribution in [2.45, 2.75) is 40.5 Å². The van der Waals surface area contributed by atoms with Crippen LogP contribution in [0.25, 0.3) is 0 Å². The van der Waals surface area contributed by atoms with Gasteiger partial charge >= 0.3 is 0 Å². The number of carbonyl (C=O) groups is 2. The first-order valence-corrected chi connectivity index (χ1v) is 8.52. The van der Waals surface area contributed by atoms with Crippen molar-refractivity contribution < 1.29 is 9.59 Å². The summed E-state index contributed by atoms with van der Waals surface area (Å²) in [6, 6.07) is 5.97. The largest absolute Gasteiger partial charge is 0.356 e. The number of nitrogens with one attached hydrogen (secondary N) is 1. The molecule has 0 saturated carbocycles. The van der Waals surface area contributed by atoms with E-state index in [2.05, 4.69) is 11.4 Å². The Morgan fingerprint density at radius 1 is 1.30 bits per heavy atom. The maximum Gasteiger partial charge on any atom is 0.254 e. The summed E-state index contributed by atoms with van der Waals surface area (Å²) in [7, 11) is 0. The van der Waals surface area contributed by atoms with E-state index in [-0.39, 0.29) is 17.7 Å². The van der Waals surface area contributed by atoms with Crippen molar-refractivity contribution in [3.05, 3.63) is 34.9 Å². The Bertz CT molecular complexity index is 581. The average molecular weight is 316 g/mol. The lowest BCUT2D eigenvalue weighted by Gasteiger charge is -2.33. The Morgan fingerprint density at radius 3 is 2.70 bits per heavy atom. The van der Waals surface area contributed by atoms with Crippen LogP contribution in [0.1, 0.15) is 48.2 Å². The van der Waals surface area contributed by atoms with Crippen LogP contribution in [0.3, 0.4) is 0 Å². The molecule has 2 amide bonds. The molecule has 23 heavy (non-hydrogen) atoms. The molecule has 1 aliphatic rings. The lowest BCUT2D eigenvalue weighted by molar-refractivity contribution is -0.124. The quantitative estimate of drug-likeness (QED) is 0.928. The van der Waals surface area contributed by atoms with E-state index in [4.69, 9.17) is 0 Å². The summed E-state index contributed by atoms with van der Waals surface area (Å²) in [5.74, 6) is 0.554. The van der Waals surface area contributed by atoms with E-state index in [0.717, 1.165) is 37.1 Å². The SMILES string of the molecule is Cc1ccc(C(=O)N2CCC[C@@H](CNC(=O)C(C)C)C2)c(C)c1. The summed E-state index contributed by atoms with van der Waals surface area (Å²) in [5.41, 5.74) is 3.00. The van der Waals surface area contributed by atoms with Gasteiger partial charge < -0.3 is 10.2 Å². The number of hydrogen-bond acceptors (Lipinski definition) is 2. The topological polar surface area (TPSA) is 49.4 Å². The summed E-state index contributed by atoms with van der Waals surface area (Å²) in [5, 5.41) is 2.99. The summed E-state index contributed by atoms with van der Waals surface area (Å²) in [6.45, 7) is 10.0. The van der Waals surface area contributed by atoms with Gasteiger partial charge in [0.2, 0.25) is 5.91 Å². The smallest absolute Gasteiger partial charge is 0.254 e. The van der Waals surface area contributed by atoms with E-state index < -0.39 is 0 Å². The molecule has 4 heteroatoms. The van der Waals surface area contributed by atoms with Crippen molar-refractivity contribution in [3.63, 3.8) is 0 Å². The predicted octanol–water partition coefficient (Wildman–Crippen LogP) is 2.93. The number of hydrogen-bond donors (Lipinski definition) is 1. The molecular weight excluding hydrogens is 288 g/mol. The van der Waals surface area contributed by atoms with Crippen molar-refractivity contribution in [1.29, 1.82) is 0 Å². The second kappa shape index (κ2) is 7.62. The fourth-order valence-corrected chi connectivity index (χ4v) is 3.09. The van der Waals surface area contributed by atoms with E-state index in [0.29, 0.717) is 12.5 Å². The molecule has 126 valence electrons. The number of likely N-dealkylation sites (tertiary alicyclic amines) is 1. The van der Waals surface area contributed by atoms with E-state index >= 15 is 0 Å². The molecule has 1 heterocycles. The fourth-order valence-electron chi connectivity index (χ4n) is 3.09. The number of nitrogens with zero attached hydrogens (tertiary/aromatic N) is 1. The van der Waals surface area contributed by atoms with Gasteiger partial charge in [0.1, 0.15) is 0 Å². The standard InChI is InChI=1S/C19H28N2O2/c1-13(2)18(22)20-11-16-6-5-9-21(12-16)19(23)17-8-7-14(3)10-15(17)4/h7-8,10,13,16H,5-6,9,11-12H2,1-4H3,(H,20,22)/t16-/m0/s1. The molecule has 0 spiro atoms. The van der Waals surface area contributed by atoms with Gasteiger partial charge in [-0.3, -0.25) is 9.59 Å². The first-order valence-electron chi connectivity index (χ1n) is 8.52. The minimum atomic E-state index is 0.00605. The molecule has 0 unspecified atom stereocenters. The van der Waals surface area contributed by atoms with Gasteiger partial charge in [0.25, 0.3) is 5.91 Å². The van der Waals surface area contributed by atoms with Crippen LogP contribution in [-0.4, -0.2) is 36.3 Å². The molecule has 1 fully saturated rings. The highest BCUT2D eigenvalue weighted by Gasteiger charge is 2.25. The van der Waals surface area contributed by atoms with Crippen LogP contribution in [0.2, 0.25) is 0 Å². The zero-order valence-electron chi connectivity index (χ0n) is 14.7. The highest BCUT2D eigenvalue weighted by atomic mass is 16.2. The van der Waals surface area contributed by atoms with Crippen molar-refractivity contribution >= 4 is 11.8 Å². The lowest BCUT2D eigenvalue weighted by Crippen LogP contribution is -2.44. The summed E-state index contributed by atoms with van der Waals surface area (Å²) in [4.78, 5) is 26.4. The van der Waals surface area contributed by atoms with Crippen molar-refractivity contribution in [2.75, 3.05) is 19.6 Å². The van der Waals surface area contributed by atoms with Crippen LogP contribution >= 0.6 is 0 Å². The van der Waals surface area contributed by atoms with E-state index in [1.807, 2.05) is 44.7 Å². The number of aryl methyl sites for hydroxylation is 2. The Balaban J connectivity index is 1.97. The molecule has 1 aromatic carbocycles. The number of piperidine rings is 1. The monoisotopic (exact) mass is 316 g/mol. The molecule has 0 radical (unpaired) electrons. The van der Waals surface area contributed by atoms with Gasteiger partial charge in [-0.15, -0.1) is 0 Å². The third kappa shape index (κ3) is 4.57. The highest BCUT2D eigenvalue weighted by Crippen LogP contribution is 2.20. The maximum absolute atomic E-state index is 12.8. The fraction of sp³-hybridized carbons (Fsp3) is 0.579. The summed E-state index contributed by atoms with van der Waals surface area (Å²) < 4.78 is 0. The third-order valence-corrected chi connectivity index (χ3v) is 4.51. The zero-order valence-corrected chi connectivity index (χ0v) is 14.7. The zero-order chi connectivity index (χ0) is 17.0. The molecule has 4 nitrogen and oxygen atoms in total. The van der Waals surface area contributed by atoms with Crippen LogP contribution < -0.4 is 5.32 Å². The third-order valence-electron chi connectivity index (χ3n) is 4.51. The second-order valence-corrected chi connectivity index (χ2v) is 6.98. The van der Waals surface area contributed by atoms with E-state index in [1.165, 1.54) is 5.56 Å². The van der Waals surface area contributed by atoms with Gasteiger partial charge in [-0.05, 0) is 44.2 Å². The molecule has 1 aliphatic heterocycles. The van der Waals surface area contributed by atoms with Crippen molar-refractivity contribution in [1.82, 2.24) is 10.2 Å². The molecule has 1 N–H and O–H groups in total. The van der Waals surface area contributed by atoms with Gasteiger partial charge in [0.05, 0.1) is 0 Å². The van der Waals surface area contributed by atoms with Crippen LogP contribution in [0.15, 0.2) is 18.2 Å². The molecule has 0 bridgehead atoms. The van der Waals surface area contributed by atoms with Gasteiger partial charge in [0.15, 0.2) is 0 Å². The molecule has 1 aromatic rings. The summed E-state index contributed by atoms with van der Waals surface area (Å²) in [6.07, 6.45) is 2.06. The lowest BCUT2D eigenvalue weighted by atomic mass is 9.96. The minimum Gasteiger partial charge on any atom is -0.356 e. The van der Waals surface area contributed by atoms with Crippen LogP contribution in [0.4, 0.5) is 0 Å². The first-order chi connectivity index (χ1) is 10.9. The minimum absolute atomic E-state index is 0.00605. The summed E-state index contributed by atoms with van der Waals surface area (Å²) >= 11 is 0. The number of amides is 2. The number of carbonyl (C=O) groups excluding carboxylic acids is 2. The normalized spacial score (nSPS) is 18.1. The van der Waals surface area contributed by atoms with Crippen LogP contribution in [-0.2, 0) is 4.79 Å². The highest BCUT2D eigenvalue weighted by molar-refractivity contribution is 5.95. The number of benzene rings is 1.